The van der Waals surface area contributed by atoms with Crippen molar-refractivity contribution in [1.29, 1.82) is 0 Å². The average Bonchev–Trinajstić information content (AvgIpc) is 3.00. The van der Waals surface area contributed by atoms with Crippen LogP contribution in [0.4, 0.5) is 11.4 Å². The molecular weight excluding hydrogens is 388 g/mol. The second kappa shape index (κ2) is 7.50. The minimum absolute atomic E-state index is 0.0428. The van der Waals surface area contributed by atoms with Crippen LogP contribution in [0, 0.1) is 17.0 Å². The Morgan fingerprint density at radius 1 is 0.839 bits per heavy atom. The number of benzene rings is 4. The smallest absolute Gasteiger partial charge is 0.260 e. The van der Waals surface area contributed by atoms with E-state index in [4.69, 9.17) is 4.99 Å². The standard InChI is InChI=1S/C25H18N4O2/c1-16-6-8-19(9-7-16)25-26-24-21-5-3-2-4-17(21)12-15-22(24)23(27-28-25)18-10-13-20(14-11-18)29(30)31/h2-15H,1H3,(H,26,28). The number of non-ortho nitro benzene ring substituents is 1. The molecule has 31 heavy (non-hydrogen) atoms. The van der Waals surface area contributed by atoms with Crippen LogP contribution in [-0.4, -0.2) is 16.5 Å². The molecule has 0 spiro atoms. The first-order chi connectivity index (χ1) is 15.1. The summed E-state index contributed by atoms with van der Waals surface area (Å²) >= 11 is 0. The van der Waals surface area contributed by atoms with Crippen molar-refractivity contribution < 1.29 is 4.92 Å². The van der Waals surface area contributed by atoms with Gasteiger partial charge in [0, 0.05) is 34.2 Å². The lowest BCUT2D eigenvalue weighted by atomic mass is 9.96. The highest BCUT2D eigenvalue weighted by Crippen LogP contribution is 2.34. The van der Waals surface area contributed by atoms with Gasteiger partial charge < -0.3 is 0 Å². The van der Waals surface area contributed by atoms with E-state index < -0.39 is 4.92 Å². The summed E-state index contributed by atoms with van der Waals surface area (Å²) < 4.78 is 0. The molecule has 0 bridgehead atoms. The summed E-state index contributed by atoms with van der Waals surface area (Å²) in [5.41, 5.74) is 8.39. The second-order valence-corrected chi connectivity index (χ2v) is 7.39. The highest BCUT2D eigenvalue weighted by Gasteiger charge is 2.20. The normalized spacial score (nSPS) is 12.9. The molecule has 150 valence electrons. The van der Waals surface area contributed by atoms with Gasteiger partial charge in [-0.2, -0.15) is 5.10 Å². The molecule has 4 aromatic rings. The quantitative estimate of drug-likeness (QED) is 0.361. The van der Waals surface area contributed by atoms with Crippen molar-refractivity contribution in [2.75, 3.05) is 0 Å². The lowest BCUT2D eigenvalue weighted by Crippen LogP contribution is -2.19. The molecule has 0 fully saturated rings. The maximum Gasteiger partial charge on any atom is 0.269 e. The summed E-state index contributed by atoms with van der Waals surface area (Å²) in [6.45, 7) is 2.04. The van der Waals surface area contributed by atoms with E-state index in [9.17, 15) is 10.1 Å². The van der Waals surface area contributed by atoms with Crippen LogP contribution in [0.3, 0.4) is 0 Å². The predicted octanol–water partition coefficient (Wildman–Crippen LogP) is 5.49. The van der Waals surface area contributed by atoms with Gasteiger partial charge in [-0.3, -0.25) is 15.5 Å². The third kappa shape index (κ3) is 3.44. The summed E-state index contributed by atoms with van der Waals surface area (Å²) in [4.78, 5) is 15.6. The molecule has 0 amide bonds. The molecule has 0 unspecified atom stereocenters. The number of aryl methyl sites for hydroxylation is 1. The Balaban J connectivity index is 1.72. The Bertz CT molecular complexity index is 1370. The third-order valence-corrected chi connectivity index (χ3v) is 5.33. The maximum absolute atomic E-state index is 11.1. The fourth-order valence-electron chi connectivity index (χ4n) is 3.67. The largest absolute Gasteiger partial charge is 0.269 e. The number of hydrazone groups is 1. The number of hydrogen-bond acceptors (Lipinski definition) is 5. The minimum Gasteiger partial charge on any atom is -0.260 e. The lowest BCUT2D eigenvalue weighted by Gasteiger charge is -2.10. The van der Waals surface area contributed by atoms with Crippen LogP contribution in [0.25, 0.3) is 10.8 Å². The summed E-state index contributed by atoms with van der Waals surface area (Å²) in [7, 11) is 0. The van der Waals surface area contributed by atoms with E-state index in [-0.39, 0.29) is 5.69 Å². The van der Waals surface area contributed by atoms with Crippen molar-refractivity contribution in [2.45, 2.75) is 6.92 Å². The third-order valence-electron chi connectivity index (χ3n) is 5.33. The highest BCUT2D eigenvalue weighted by atomic mass is 16.6. The van der Waals surface area contributed by atoms with E-state index in [1.807, 2.05) is 61.5 Å². The summed E-state index contributed by atoms with van der Waals surface area (Å²) in [6.07, 6.45) is 0. The van der Waals surface area contributed by atoms with Crippen molar-refractivity contribution in [3.8, 4) is 0 Å². The molecule has 0 atom stereocenters. The molecule has 0 saturated carbocycles. The first-order valence-corrected chi connectivity index (χ1v) is 9.86. The number of amidine groups is 1. The van der Waals surface area contributed by atoms with Crippen molar-refractivity contribution in [3.63, 3.8) is 0 Å². The van der Waals surface area contributed by atoms with Gasteiger partial charge in [0.25, 0.3) is 5.69 Å². The zero-order valence-electron chi connectivity index (χ0n) is 16.7. The Morgan fingerprint density at radius 2 is 1.55 bits per heavy atom. The number of fused-ring (bicyclic) bond motifs is 3. The van der Waals surface area contributed by atoms with Gasteiger partial charge in [-0.05, 0) is 30.5 Å². The maximum atomic E-state index is 11.1. The molecule has 6 nitrogen and oxygen atoms in total. The molecule has 0 aromatic heterocycles. The van der Waals surface area contributed by atoms with Crippen LogP contribution >= 0.6 is 0 Å². The summed E-state index contributed by atoms with van der Waals surface area (Å²) in [5.74, 6) is 0.648. The van der Waals surface area contributed by atoms with Gasteiger partial charge in [0.05, 0.1) is 10.6 Å². The van der Waals surface area contributed by atoms with Crippen molar-refractivity contribution in [2.24, 2.45) is 10.1 Å². The fraction of sp³-hybridized carbons (Fsp3) is 0.0400. The number of nitro benzene ring substituents is 1. The Kier molecular flexibility index (Phi) is 4.52. The Morgan fingerprint density at radius 3 is 2.29 bits per heavy atom. The van der Waals surface area contributed by atoms with E-state index in [0.717, 1.165) is 33.2 Å². The molecule has 1 aliphatic rings. The van der Waals surface area contributed by atoms with Gasteiger partial charge >= 0.3 is 0 Å². The van der Waals surface area contributed by atoms with Crippen LogP contribution < -0.4 is 5.43 Å². The SMILES string of the molecule is Cc1ccc(C2=Nc3c(ccc4ccccc34)C(c3ccc([N+](=O)[O-])cc3)=NN2)cc1. The van der Waals surface area contributed by atoms with E-state index in [1.54, 1.807) is 12.1 Å². The monoisotopic (exact) mass is 406 g/mol. The zero-order valence-corrected chi connectivity index (χ0v) is 16.7. The zero-order chi connectivity index (χ0) is 21.4. The van der Waals surface area contributed by atoms with Gasteiger partial charge in [-0.25, -0.2) is 4.99 Å². The number of nitrogens with one attached hydrogen (secondary N) is 1. The average molecular weight is 406 g/mol. The van der Waals surface area contributed by atoms with E-state index in [2.05, 4.69) is 16.6 Å². The molecule has 1 aliphatic heterocycles. The first-order valence-electron chi connectivity index (χ1n) is 9.86. The van der Waals surface area contributed by atoms with Gasteiger partial charge in [-0.1, -0.05) is 60.2 Å². The summed E-state index contributed by atoms with van der Waals surface area (Å²) in [6, 6.07) is 26.6. The molecule has 5 rings (SSSR count). The first kappa shape index (κ1) is 18.7. The van der Waals surface area contributed by atoms with Gasteiger partial charge in [0.15, 0.2) is 5.84 Å². The molecule has 1 N–H and O–H groups in total. The number of aliphatic imine (C=N–C) groups is 1. The van der Waals surface area contributed by atoms with Crippen LogP contribution in [0.15, 0.2) is 95.0 Å². The van der Waals surface area contributed by atoms with Crippen molar-refractivity contribution in [3.05, 3.63) is 117 Å². The van der Waals surface area contributed by atoms with Gasteiger partial charge in [-0.15, -0.1) is 0 Å². The number of nitrogens with zero attached hydrogens (tertiary/aromatic N) is 3. The molecule has 6 heteroatoms. The molecular formula is C25H18N4O2. The number of rotatable bonds is 3. The van der Waals surface area contributed by atoms with Crippen molar-refractivity contribution in [1.82, 2.24) is 5.43 Å². The van der Waals surface area contributed by atoms with Crippen LogP contribution in [-0.2, 0) is 0 Å². The molecule has 4 aromatic carbocycles. The molecule has 0 radical (unpaired) electrons. The summed E-state index contributed by atoms with van der Waals surface area (Å²) in [5, 5.41) is 17.8. The van der Waals surface area contributed by atoms with Crippen LogP contribution in [0.2, 0.25) is 0 Å². The van der Waals surface area contributed by atoms with Crippen LogP contribution in [0.1, 0.15) is 22.3 Å². The molecule has 1 heterocycles. The fourth-order valence-corrected chi connectivity index (χ4v) is 3.67. The Hall–Kier alpha value is -4.32. The van der Waals surface area contributed by atoms with E-state index in [0.29, 0.717) is 11.5 Å². The highest BCUT2D eigenvalue weighted by molar-refractivity contribution is 6.21. The second-order valence-electron chi connectivity index (χ2n) is 7.39. The topological polar surface area (TPSA) is 79.9 Å². The molecule has 0 aliphatic carbocycles. The minimum atomic E-state index is -0.406. The predicted molar refractivity (Wildman–Crippen MR) is 123 cm³/mol. The van der Waals surface area contributed by atoms with Crippen molar-refractivity contribution >= 4 is 33.7 Å². The van der Waals surface area contributed by atoms with E-state index >= 15 is 0 Å². The Labute approximate surface area is 178 Å². The molecule has 0 saturated heterocycles. The van der Waals surface area contributed by atoms with Gasteiger partial charge in [0.1, 0.15) is 5.71 Å². The number of nitro groups is 1. The number of hydrogen-bond donors (Lipinski definition) is 1. The van der Waals surface area contributed by atoms with E-state index in [1.165, 1.54) is 17.7 Å². The lowest BCUT2D eigenvalue weighted by molar-refractivity contribution is -0.384. The van der Waals surface area contributed by atoms with Crippen LogP contribution in [0.5, 0.6) is 0 Å². The van der Waals surface area contributed by atoms with Gasteiger partial charge in [0.2, 0.25) is 0 Å².